The van der Waals surface area contributed by atoms with Crippen LogP contribution in [0.15, 0.2) is 4.52 Å². The third kappa shape index (κ3) is 2.14. The van der Waals surface area contributed by atoms with Crippen LogP contribution in [0.3, 0.4) is 0 Å². The van der Waals surface area contributed by atoms with Crippen LogP contribution < -0.4 is 0 Å². The lowest BCUT2D eigenvalue weighted by Crippen LogP contribution is -2.21. The third-order valence-corrected chi connectivity index (χ3v) is 3.85. The molecule has 1 aliphatic heterocycles. The Balaban J connectivity index is 2.15. The minimum absolute atomic E-state index is 0.0750. The Morgan fingerprint density at radius 3 is 3.13 bits per heavy atom. The van der Waals surface area contributed by atoms with Crippen LogP contribution in [-0.4, -0.2) is 32.7 Å². The molecule has 1 aromatic rings. The van der Waals surface area contributed by atoms with E-state index >= 15 is 0 Å². The van der Waals surface area contributed by atoms with Gasteiger partial charge in [-0.1, -0.05) is 5.16 Å². The Morgan fingerprint density at radius 2 is 2.53 bits per heavy atom. The SMILES string of the molecule is CC1(c2nc(CC(=O)O)no2)CCSC1. The summed E-state index contributed by atoms with van der Waals surface area (Å²) in [6.45, 7) is 2.07. The van der Waals surface area contributed by atoms with E-state index in [-0.39, 0.29) is 17.7 Å². The first-order chi connectivity index (χ1) is 7.10. The summed E-state index contributed by atoms with van der Waals surface area (Å²) in [4.78, 5) is 14.6. The summed E-state index contributed by atoms with van der Waals surface area (Å²) in [5.41, 5.74) is -0.0750. The molecule has 0 aliphatic carbocycles. The van der Waals surface area contributed by atoms with Crippen LogP contribution in [0, 0.1) is 0 Å². The minimum Gasteiger partial charge on any atom is -0.481 e. The first-order valence-electron chi connectivity index (χ1n) is 4.73. The van der Waals surface area contributed by atoms with Crippen LogP contribution in [0.25, 0.3) is 0 Å². The van der Waals surface area contributed by atoms with Crippen molar-refractivity contribution in [2.75, 3.05) is 11.5 Å². The van der Waals surface area contributed by atoms with Crippen molar-refractivity contribution in [1.29, 1.82) is 0 Å². The van der Waals surface area contributed by atoms with Crippen LogP contribution in [0.4, 0.5) is 0 Å². The molecule has 1 N–H and O–H groups in total. The second-order valence-corrected chi connectivity index (χ2v) is 5.05. The molecule has 0 amide bonds. The van der Waals surface area contributed by atoms with E-state index in [1.807, 2.05) is 11.8 Å². The molecular formula is C9H12N2O3S. The fraction of sp³-hybridized carbons (Fsp3) is 0.667. The number of thioether (sulfide) groups is 1. The first-order valence-corrected chi connectivity index (χ1v) is 5.88. The summed E-state index contributed by atoms with van der Waals surface area (Å²) in [5, 5.41) is 12.2. The molecule has 5 nitrogen and oxygen atoms in total. The zero-order valence-electron chi connectivity index (χ0n) is 8.39. The van der Waals surface area contributed by atoms with Gasteiger partial charge in [0.25, 0.3) is 0 Å². The number of hydrogen-bond acceptors (Lipinski definition) is 5. The summed E-state index contributed by atoms with van der Waals surface area (Å²) >= 11 is 1.85. The topological polar surface area (TPSA) is 76.2 Å². The number of carbonyl (C=O) groups is 1. The molecule has 1 aromatic heterocycles. The van der Waals surface area contributed by atoms with Crippen molar-refractivity contribution in [3.63, 3.8) is 0 Å². The number of carboxylic acids is 1. The van der Waals surface area contributed by atoms with Gasteiger partial charge < -0.3 is 9.63 Å². The highest BCUT2D eigenvalue weighted by Gasteiger charge is 2.36. The second kappa shape index (κ2) is 3.84. The number of rotatable bonds is 3. The highest BCUT2D eigenvalue weighted by Crippen LogP contribution is 2.37. The zero-order chi connectivity index (χ0) is 10.9. The average Bonchev–Trinajstić information content (AvgIpc) is 2.74. The van der Waals surface area contributed by atoms with Gasteiger partial charge in [0.2, 0.25) is 5.89 Å². The third-order valence-electron chi connectivity index (χ3n) is 2.51. The summed E-state index contributed by atoms with van der Waals surface area (Å²) < 4.78 is 5.11. The summed E-state index contributed by atoms with van der Waals surface area (Å²) in [6.07, 6.45) is 0.832. The highest BCUT2D eigenvalue weighted by molar-refractivity contribution is 7.99. The number of hydrogen-bond donors (Lipinski definition) is 1. The fourth-order valence-electron chi connectivity index (χ4n) is 1.54. The van der Waals surface area contributed by atoms with Gasteiger partial charge >= 0.3 is 5.97 Å². The molecule has 1 unspecified atom stereocenters. The lowest BCUT2D eigenvalue weighted by molar-refractivity contribution is -0.136. The molecule has 15 heavy (non-hydrogen) atoms. The predicted molar refractivity (Wildman–Crippen MR) is 54.9 cm³/mol. The standard InChI is InChI=1S/C9H12N2O3S/c1-9(2-3-15-5-9)8-10-6(11-14-8)4-7(12)13/h2-5H2,1H3,(H,12,13). The average molecular weight is 228 g/mol. The predicted octanol–water partition coefficient (Wildman–Crippen LogP) is 1.09. The molecule has 0 aromatic carbocycles. The molecule has 2 heterocycles. The van der Waals surface area contributed by atoms with E-state index in [1.165, 1.54) is 0 Å². The zero-order valence-corrected chi connectivity index (χ0v) is 9.21. The van der Waals surface area contributed by atoms with Gasteiger partial charge in [-0.2, -0.15) is 16.7 Å². The Labute approximate surface area is 91.2 Å². The smallest absolute Gasteiger partial charge is 0.311 e. The molecule has 0 spiro atoms. The number of carboxylic acid groups (broad SMARTS) is 1. The van der Waals surface area contributed by atoms with E-state index in [9.17, 15) is 4.79 Å². The van der Waals surface area contributed by atoms with E-state index in [4.69, 9.17) is 9.63 Å². The molecule has 0 saturated carbocycles. The Bertz CT molecular complexity index is 371. The van der Waals surface area contributed by atoms with Crippen LogP contribution in [0.5, 0.6) is 0 Å². The van der Waals surface area contributed by atoms with E-state index in [0.29, 0.717) is 5.89 Å². The van der Waals surface area contributed by atoms with Gasteiger partial charge in [0.05, 0.1) is 5.41 Å². The van der Waals surface area contributed by atoms with Crippen molar-refractivity contribution in [3.05, 3.63) is 11.7 Å². The van der Waals surface area contributed by atoms with Crippen molar-refractivity contribution in [2.45, 2.75) is 25.2 Å². The van der Waals surface area contributed by atoms with Gasteiger partial charge in [-0.3, -0.25) is 4.79 Å². The number of nitrogens with zero attached hydrogens (tertiary/aromatic N) is 2. The summed E-state index contributed by atoms with van der Waals surface area (Å²) in [5.74, 6) is 1.95. The summed E-state index contributed by atoms with van der Waals surface area (Å²) in [7, 11) is 0. The van der Waals surface area contributed by atoms with Crippen molar-refractivity contribution < 1.29 is 14.4 Å². The summed E-state index contributed by atoms with van der Waals surface area (Å²) in [6, 6.07) is 0. The van der Waals surface area contributed by atoms with Gasteiger partial charge in [-0.15, -0.1) is 0 Å². The molecule has 0 bridgehead atoms. The van der Waals surface area contributed by atoms with Crippen LogP contribution >= 0.6 is 11.8 Å². The largest absolute Gasteiger partial charge is 0.481 e. The fourth-order valence-corrected chi connectivity index (χ4v) is 3.00. The normalized spacial score (nSPS) is 25.7. The molecule has 1 aliphatic rings. The molecule has 1 fully saturated rings. The Hall–Kier alpha value is -1.04. The van der Waals surface area contributed by atoms with E-state index in [2.05, 4.69) is 17.1 Å². The maximum Gasteiger partial charge on any atom is 0.311 e. The molecule has 1 atom stereocenters. The molecule has 0 radical (unpaired) electrons. The minimum atomic E-state index is -0.937. The number of aromatic nitrogens is 2. The Morgan fingerprint density at radius 1 is 1.73 bits per heavy atom. The van der Waals surface area contributed by atoms with Crippen molar-refractivity contribution in [3.8, 4) is 0 Å². The van der Waals surface area contributed by atoms with Gasteiger partial charge in [0.1, 0.15) is 6.42 Å². The van der Waals surface area contributed by atoms with Gasteiger partial charge in [0, 0.05) is 5.75 Å². The van der Waals surface area contributed by atoms with E-state index < -0.39 is 5.97 Å². The highest BCUT2D eigenvalue weighted by atomic mass is 32.2. The first kappa shape index (κ1) is 10.5. The lowest BCUT2D eigenvalue weighted by atomic mass is 9.90. The monoisotopic (exact) mass is 228 g/mol. The van der Waals surface area contributed by atoms with E-state index in [1.54, 1.807) is 0 Å². The molecule has 82 valence electrons. The maximum atomic E-state index is 10.5. The Kier molecular flexibility index (Phi) is 2.68. The number of aliphatic carboxylic acids is 1. The van der Waals surface area contributed by atoms with E-state index in [0.717, 1.165) is 17.9 Å². The van der Waals surface area contributed by atoms with Gasteiger partial charge in [0.15, 0.2) is 5.82 Å². The maximum absolute atomic E-state index is 10.5. The quantitative estimate of drug-likeness (QED) is 0.834. The molecular weight excluding hydrogens is 216 g/mol. The van der Waals surface area contributed by atoms with Crippen LogP contribution in [0.1, 0.15) is 25.1 Å². The van der Waals surface area contributed by atoms with Crippen LogP contribution in [-0.2, 0) is 16.6 Å². The van der Waals surface area contributed by atoms with Gasteiger partial charge in [-0.25, -0.2) is 0 Å². The second-order valence-electron chi connectivity index (χ2n) is 3.95. The van der Waals surface area contributed by atoms with Crippen LogP contribution in [0.2, 0.25) is 0 Å². The van der Waals surface area contributed by atoms with Crippen molar-refractivity contribution >= 4 is 17.7 Å². The molecule has 2 rings (SSSR count). The molecule has 1 saturated heterocycles. The molecule has 6 heteroatoms. The lowest BCUT2D eigenvalue weighted by Gasteiger charge is -2.15. The van der Waals surface area contributed by atoms with Gasteiger partial charge in [-0.05, 0) is 19.1 Å². The van der Waals surface area contributed by atoms with Crippen molar-refractivity contribution in [1.82, 2.24) is 10.1 Å². The van der Waals surface area contributed by atoms with Crippen molar-refractivity contribution in [2.24, 2.45) is 0 Å².